The molecule has 0 fully saturated rings. The summed E-state index contributed by atoms with van der Waals surface area (Å²) in [7, 11) is 1.27. The highest BCUT2D eigenvalue weighted by molar-refractivity contribution is 5.85. The summed E-state index contributed by atoms with van der Waals surface area (Å²) in [6, 6.07) is 15.4. The SMILES string of the molecule is COC(=O)[C@@H](Cc1ccccc1)NC(=O)Cn1cnc2ccccc2c1=O. The molecule has 1 amide bonds. The van der Waals surface area contributed by atoms with Gasteiger partial charge in [0.2, 0.25) is 5.91 Å². The third-order valence-electron chi connectivity index (χ3n) is 4.15. The summed E-state index contributed by atoms with van der Waals surface area (Å²) < 4.78 is 6.00. The monoisotopic (exact) mass is 365 g/mol. The van der Waals surface area contributed by atoms with Gasteiger partial charge in [0.25, 0.3) is 5.56 Å². The molecule has 2 aromatic carbocycles. The van der Waals surface area contributed by atoms with E-state index in [4.69, 9.17) is 4.74 Å². The molecule has 27 heavy (non-hydrogen) atoms. The van der Waals surface area contributed by atoms with Gasteiger partial charge in [0.15, 0.2) is 0 Å². The molecule has 7 heteroatoms. The van der Waals surface area contributed by atoms with Crippen LogP contribution in [0.4, 0.5) is 0 Å². The van der Waals surface area contributed by atoms with Gasteiger partial charge in [0.1, 0.15) is 12.6 Å². The first kappa shape index (κ1) is 18.3. The highest BCUT2D eigenvalue weighted by atomic mass is 16.5. The Morgan fingerprint density at radius 2 is 1.81 bits per heavy atom. The maximum Gasteiger partial charge on any atom is 0.328 e. The Bertz CT molecular complexity index is 1010. The molecular formula is C20H19N3O4. The molecule has 3 aromatic rings. The summed E-state index contributed by atoms with van der Waals surface area (Å²) in [5, 5.41) is 3.07. The lowest BCUT2D eigenvalue weighted by atomic mass is 10.1. The molecule has 0 spiro atoms. The van der Waals surface area contributed by atoms with Crippen LogP contribution in [0.25, 0.3) is 10.9 Å². The van der Waals surface area contributed by atoms with Crippen molar-refractivity contribution < 1.29 is 14.3 Å². The molecule has 1 atom stereocenters. The van der Waals surface area contributed by atoms with Gasteiger partial charge in [-0.3, -0.25) is 14.2 Å². The molecule has 0 saturated carbocycles. The molecule has 1 heterocycles. The van der Waals surface area contributed by atoms with E-state index in [1.165, 1.54) is 18.0 Å². The molecule has 0 bridgehead atoms. The second-order valence-corrected chi connectivity index (χ2v) is 6.03. The van der Waals surface area contributed by atoms with Crippen molar-refractivity contribution >= 4 is 22.8 Å². The molecule has 0 aliphatic rings. The molecule has 0 aliphatic heterocycles. The minimum atomic E-state index is -0.839. The number of fused-ring (bicyclic) bond motifs is 1. The van der Waals surface area contributed by atoms with Gasteiger partial charge < -0.3 is 10.1 Å². The summed E-state index contributed by atoms with van der Waals surface area (Å²) in [6.07, 6.45) is 1.62. The lowest BCUT2D eigenvalue weighted by molar-refractivity contribution is -0.145. The molecular weight excluding hydrogens is 346 g/mol. The number of hydrogen-bond donors (Lipinski definition) is 1. The standard InChI is InChI=1S/C20H19N3O4/c1-27-20(26)17(11-14-7-3-2-4-8-14)22-18(24)12-23-13-21-16-10-6-5-9-15(16)19(23)25/h2-10,13,17H,11-12H2,1H3,(H,22,24)/t17-/m1/s1. The average Bonchev–Trinajstić information content (AvgIpc) is 2.70. The zero-order valence-electron chi connectivity index (χ0n) is 14.8. The summed E-state index contributed by atoms with van der Waals surface area (Å²) in [4.78, 5) is 41.1. The first-order valence-corrected chi connectivity index (χ1v) is 8.44. The van der Waals surface area contributed by atoms with Crippen molar-refractivity contribution in [3.05, 3.63) is 76.8 Å². The maximum absolute atomic E-state index is 12.5. The largest absolute Gasteiger partial charge is 0.467 e. The topological polar surface area (TPSA) is 90.3 Å². The molecule has 1 N–H and O–H groups in total. The number of benzene rings is 2. The lowest BCUT2D eigenvalue weighted by Gasteiger charge is -2.17. The number of nitrogens with zero attached hydrogens (tertiary/aromatic N) is 2. The van der Waals surface area contributed by atoms with Crippen LogP contribution >= 0.6 is 0 Å². The van der Waals surface area contributed by atoms with E-state index in [1.807, 2.05) is 30.3 Å². The van der Waals surface area contributed by atoms with Crippen molar-refractivity contribution in [1.29, 1.82) is 0 Å². The van der Waals surface area contributed by atoms with Crippen molar-refractivity contribution in [2.45, 2.75) is 19.0 Å². The average molecular weight is 365 g/mol. The van der Waals surface area contributed by atoms with Crippen LogP contribution in [-0.4, -0.2) is 34.6 Å². The van der Waals surface area contributed by atoms with Gasteiger partial charge in [0, 0.05) is 6.42 Å². The number of amides is 1. The van der Waals surface area contributed by atoms with Crippen molar-refractivity contribution in [2.24, 2.45) is 0 Å². The van der Waals surface area contributed by atoms with E-state index in [-0.39, 0.29) is 12.1 Å². The van der Waals surface area contributed by atoms with Crippen LogP contribution in [0, 0.1) is 0 Å². The van der Waals surface area contributed by atoms with Crippen LogP contribution in [0.3, 0.4) is 0 Å². The molecule has 1 aromatic heterocycles. The first-order valence-electron chi connectivity index (χ1n) is 8.44. The van der Waals surface area contributed by atoms with Crippen LogP contribution in [0.2, 0.25) is 0 Å². The second kappa shape index (κ2) is 8.27. The van der Waals surface area contributed by atoms with Crippen LogP contribution in [-0.2, 0) is 27.3 Å². The summed E-state index contributed by atoms with van der Waals surface area (Å²) in [5.41, 5.74) is 1.14. The number of para-hydroxylation sites is 1. The number of ether oxygens (including phenoxy) is 1. The van der Waals surface area contributed by atoms with Crippen LogP contribution in [0.1, 0.15) is 5.56 Å². The Morgan fingerprint density at radius 1 is 1.11 bits per heavy atom. The van der Waals surface area contributed by atoms with Gasteiger partial charge in [-0.05, 0) is 17.7 Å². The zero-order chi connectivity index (χ0) is 19.2. The number of esters is 1. The number of methoxy groups -OCH3 is 1. The van der Waals surface area contributed by atoms with E-state index in [0.29, 0.717) is 17.3 Å². The van der Waals surface area contributed by atoms with Gasteiger partial charge in [-0.1, -0.05) is 42.5 Å². The van der Waals surface area contributed by atoms with Crippen molar-refractivity contribution in [3.8, 4) is 0 Å². The van der Waals surface area contributed by atoms with E-state index in [9.17, 15) is 14.4 Å². The number of aromatic nitrogens is 2. The molecule has 7 nitrogen and oxygen atoms in total. The Hall–Kier alpha value is -3.48. The van der Waals surface area contributed by atoms with E-state index in [0.717, 1.165) is 5.56 Å². The van der Waals surface area contributed by atoms with Gasteiger partial charge >= 0.3 is 5.97 Å². The highest BCUT2D eigenvalue weighted by Crippen LogP contribution is 2.06. The van der Waals surface area contributed by atoms with Crippen molar-refractivity contribution in [2.75, 3.05) is 7.11 Å². The van der Waals surface area contributed by atoms with Crippen LogP contribution in [0.15, 0.2) is 65.7 Å². The number of hydrogen-bond acceptors (Lipinski definition) is 5. The fourth-order valence-corrected chi connectivity index (χ4v) is 2.80. The normalized spacial score (nSPS) is 11.7. The molecule has 0 saturated heterocycles. The Kier molecular flexibility index (Phi) is 5.61. The minimum Gasteiger partial charge on any atom is -0.467 e. The van der Waals surface area contributed by atoms with Gasteiger partial charge in [0.05, 0.1) is 24.3 Å². The van der Waals surface area contributed by atoms with Gasteiger partial charge in [-0.25, -0.2) is 9.78 Å². The third kappa shape index (κ3) is 4.38. The predicted molar refractivity (Wildman–Crippen MR) is 100 cm³/mol. The number of rotatable bonds is 6. The Balaban J connectivity index is 1.75. The Morgan fingerprint density at radius 3 is 2.56 bits per heavy atom. The number of carbonyl (C=O) groups is 2. The summed E-state index contributed by atoms with van der Waals surface area (Å²) >= 11 is 0. The summed E-state index contributed by atoms with van der Waals surface area (Å²) in [6.45, 7) is -0.237. The predicted octanol–water partition coefficient (Wildman–Crippen LogP) is 1.30. The second-order valence-electron chi connectivity index (χ2n) is 6.03. The first-order chi connectivity index (χ1) is 13.1. The van der Waals surface area contributed by atoms with E-state index >= 15 is 0 Å². The zero-order valence-corrected chi connectivity index (χ0v) is 14.8. The number of carbonyl (C=O) groups excluding carboxylic acids is 2. The molecule has 0 unspecified atom stereocenters. The minimum absolute atomic E-state index is 0.237. The van der Waals surface area contributed by atoms with Crippen LogP contribution in [0.5, 0.6) is 0 Å². The summed E-state index contributed by atoms with van der Waals surface area (Å²) in [5.74, 6) is -1.02. The highest BCUT2D eigenvalue weighted by Gasteiger charge is 2.22. The fraction of sp³-hybridized carbons (Fsp3) is 0.200. The van der Waals surface area contributed by atoms with Crippen molar-refractivity contribution in [3.63, 3.8) is 0 Å². The third-order valence-corrected chi connectivity index (χ3v) is 4.15. The molecule has 0 aliphatic carbocycles. The van der Waals surface area contributed by atoms with Crippen LogP contribution < -0.4 is 10.9 Å². The van der Waals surface area contributed by atoms with E-state index in [1.54, 1.807) is 24.3 Å². The molecule has 138 valence electrons. The smallest absolute Gasteiger partial charge is 0.328 e. The van der Waals surface area contributed by atoms with E-state index < -0.39 is 17.9 Å². The van der Waals surface area contributed by atoms with Gasteiger partial charge in [-0.2, -0.15) is 0 Å². The lowest BCUT2D eigenvalue weighted by Crippen LogP contribution is -2.45. The van der Waals surface area contributed by atoms with Crippen molar-refractivity contribution in [1.82, 2.24) is 14.9 Å². The molecule has 3 rings (SSSR count). The number of nitrogens with one attached hydrogen (secondary N) is 1. The quantitative estimate of drug-likeness (QED) is 0.665. The van der Waals surface area contributed by atoms with E-state index in [2.05, 4.69) is 10.3 Å². The fourth-order valence-electron chi connectivity index (χ4n) is 2.80. The van der Waals surface area contributed by atoms with Gasteiger partial charge in [-0.15, -0.1) is 0 Å². The maximum atomic E-state index is 12.5. The Labute approximate surface area is 155 Å². The molecule has 0 radical (unpaired) electrons.